The van der Waals surface area contributed by atoms with Crippen LogP contribution in [0, 0.1) is 10.1 Å². The molecule has 0 aliphatic heterocycles. The van der Waals surface area contributed by atoms with E-state index in [0.29, 0.717) is 0 Å². The van der Waals surface area contributed by atoms with Crippen molar-refractivity contribution in [1.29, 1.82) is 0 Å². The smallest absolute Gasteiger partial charge is 0.295 e. The maximum absolute atomic E-state index is 10.6. The van der Waals surface area contributed by atoms with Gasteiger partial charge in [0.25, 0.3) is 22.4 Å². The number of non-ortho nitro benzene ring substituents is 1. The Morgan fingerprint density at radius 1 is 1.40 bits per heavy atom. The number of hydrogen-bond acceptors (Lipinski definition) is 5. The van der Waals surface area contributed by atoms with Gasteiger partial charge in [0.2, 0.25) is 5.72 Å². The fourth-order valence-electron chi connectivity index (χ4n) is 1.55. The minimum absolute atomic E-state index is 0.0463. The van der Waals surface area contributed by atoms with Crippen LogP contribution < -0.4 is 5.01 Å². The molecule has 1 aromatic carbocycles. The van der Waals surface area contributed by atoms with Gasteiger partial charge in [-0.15, -0.1) is 0 Å². The highest BCUT2D eigenvalue weighted by molar-refractivity contribution is 5.50. The van der Waals surface area contributed by atoms with Crippen LogP contribution in [0.3, 0.4) is 0 Å². The molecule has 0 fully saturated rings. The number of benzene rings is 1. The van der Waals surface area contributed by atoms with E-state index in [4.69, 9.17) is 9.94 Å². The first-order valence-corrected chi connectivity index (χ1v) is 5.33. The van der Waals surface area contributed by atoms with E-state index < -0.39 is 10.6 Å². The van der Waals surface area contributed by atoms with Crippen molar-refractivity contribution in [3.63, 3.8) is 0 Å². The van der Waals surface area contributed by atoms with Crippen LogP contribution in [0.4, 0.5) is 11.4 Å². The average Bonchev–Trinajstić information content (AvgIpc) is 2.38. The normalized spacial score (nSPS) is 11.8. The number of anilines is 1. The number of hydrazine groups is 1. The highest BCUT2D eigenvalue weighted by atomic mass is 16.6. The zero-order chi connectivity index (χ0) is 15.3. The Morgan fingerprint density at radius 2 is 1.95 bits per heavy atom. The third kappa shape index (κ3) is 3.10. The van der Waals surface area contributed by atoms with Crippen LogP contribution in [0.5, 0.6) is 0 Å². The molecule has 0 amide bonds. The molecule has 0 aromatic heterocycles. The average molecular weight is 285 g/mol. The van der Waals surface area contributed by atoms with Gasteiger partial charge in [0.1, 0.15) is 5.69 Å². The van der Waals surface area contributed by atoms with Gasteiger partial charge in [-0.2, -0.15) is 0 Å². The summed E-state index contributed by atoms with van der Waals surface area (Å²) in [5, 5.41) is 32.2. The number of carbonyl (C=O) groups is 1. The summed E-state index contributed by atoms with van der Waals surface area (Å²) in [6, 6.07) is 4.96. The second kappa shape index (κ2) is 5.82. The number of carbonyl (C=O) groups excluding carboxylic acids is 1. The second-order valence-corrected chi connectivity index (χ2v) is 4.10. The molecular weight excluding hydrogens is 272 g/mol. The van der Waals surface area contributed by atoms with Gasteiger partial charge in [-0.05, 0) is 17.1 Å². The summed E-state index contributed by atoms with van der Waals surface area (Å²) < 4.78 is 4.79. The van der Waals surface area contributed by atoms with Crippen molar-refractivity contribution in [2.45, 2.75) is 19.6 Å². The summed E-state index contributed by atoms with van der Waals surface area (Å²) in [5.41, 5.74) is -1.37. The Morgan fingerprint density at radius 3 is 2.35 bits per heavy atom. The zero-order valence-corrected chi connectivity index (χ0v) is 10.7. The zero-order valence-electron chi connectivity index (χ0n) is 10.7. The highest BCUT2D eigenvalue weighted by Gasteiger charge is 2.40. The van der Waals surface area contributed by atoms with Crippen LogP contribution >= 0.6 is 0 Å². The third-order valence-electron chi connectivity index (χ3n) is 2.41. The topological polar surface area (TPSA) is 129 Å². The van der Waals surface area contributed by atoms with Gasteiger partial charge in [-0.3, -0.25) is 14.9 Å². The van der Waals surface area contributed by atoms with Crippen molar-refractivity contribution in [3.05, 3.63) is 34.4 Å². The molecule has 2 N–H and O–H groups in total. The van der Waals surface area contributed by atoms with Crippen LogP contribution in [-0.2, 0) is 9.53 Å². The molecule has 0 saturated carbocycles. The Balaban J connectivity index is 3.24. The van der Waals surface area contributed by atoms with Gasteiger partial charge in [0.15, 0.2) is 0 Å². The van der Waals surface area contributed by atoms with Crippen LogP contribution in [0.15, 0.2) is 29.5 Å². The monoisotopic (exact) mass is 285 g/mol. The largest absolute Gasteiger partial charge is 0.436 e. The lowest BCUT2D eigenvalue weighted by Crippen LogP contribution is -2.50. The number of hydrogen-bond donors (Lipinski definition) is 2. The Labute approximate surface area is 113 Å². The van der Waals surface area contributed by atoms with E-state index in [1.807, 2.05) is 0 Å². The third-order valence-corrected chi connectivity index (χ3v) is 2.41. The Kier molecular flexibility index (Phi) is 4.41. The van der Waals surface area contributed by atoms with Gasteiger partial charge in [-0.1, -0.05) is 0 Å². The predicted molar refractivity (Wildman–Crippen MR) is 63.1 cm³/mol. The van der Waals surface area contributed by atoms with Crippen LogP contribution in [-0.4, -0.2) is 32.5 Å². The highest BCUT2D eigenvalue weighted by Crippen LogP contribution is 2.26. The molecule has 0 radical (unpaired) electrons. The van der Waals surface area contributed by atoms with Crippen molar-refractivity contribution >= 4 is 17.8 Å². The van der Waals surface area contributed by atoms with E-state index in [9.17, 15) is 20.1 Å². The second-order valence-electron chi connectivity index (χ2n) is 4.10. The molecule has 0 heterocycles. The molecule has 0 aliphatic rings. The van der Waals surface area contributed by atoms with E-state index in [1.165, 1.54) is 38.1 Å². The molecule has 10 nitrogen and oxygen atoms in total. The van der Waals surface area contributed by atoms with Crippen molar-refractivity contribution in [2.24, 2.45) is 5.28 Å². The lowest BCUT2D eigenvalue weighted by atomic mass is 10.2. The van der Waals surface area contributed by atoms with E-state index in [2.05, 4.69) is 5.28 Å². The molecule has 0 atom stereocenters. The first-order valence-electron chi connectivity index (χ1n) is 5.33. The van der Waals surface area contributed by atoms with Crippen LogP contribution in [0.2, 0.25) is 0 Å². The van der Waals surface area contributed by atoms with Gasteiger partial charge >= 0.3 is 0 Å². The van der Waals surface area contributed by atoms with E-state index in [-0.39, 0.29) is 22.8 Å². The molecule has 10 heteroatoms. The maximum Gasteiger partial charge on any atom is 0.295 e. The SMILES string of the molecule is CC(C)(OC=O)N(c1ccc([N+](=O)[O-])cc1)[N+](O)=NO. The summed E-state index contributed by atoms with van der Waals surface area (Å²) in [6.07, 6.45) is 0. The van der Waals surface area contributed by atoms with E-state index in [0.717, 1.165) is 5.01 Å². The standard InChI is InChI=1S/C10H12N4O6/c1-10(2,20-7-15)12(14(19)11-16)8-3-5-9(6-4-8)13(17)18/h3-7,19H,1-2H3/p+1. The fraction of sp³-hybridized carbons (Fsp3) is 0.300. The quantitative estimate of drug-likeness (QED) is 0.202. The Hall–Kier alpha value is -2.91. The molecule has 0 aliphatic carbocycles. The van der Waals surface area contributed by atoms with E-state index in [1.54, 1.807) is 0 Å². The summed E-state index contributed by atoms with van der Waals surface area (Å²) >= 11 is 0. The minimum atomic E-state index is -1.40. The van der Waals surface area contributed by atoms with Crippen LogP contribution in [0.1, 0.15) is 13.8 Å². The number of nitro groups is 1. The fourth-order valence-corrected chi connectivity index (χ4v) is 1.55. The lowest BCUT2D eigenvalue weighted by molar-refractivity contribution is -0.851. The van der Waals surface area contributed by atoms with Gasteiger partial charge in [0, 0.05) is 26.0 Å². The molecule has 0 unspecified atom stereocenters. The molecule has 0 bridgehead atoms. The molecule has 0 spiro atoms. The minimum Gasteiger partial charge on any atom is -0.436 e. The molecule has 1 aromatic rings. The number of rotatable bonds is 6. The summed E-state index contributed by atoms with van der Waals surface area (Å²) in [7, 11) is 0. The predicted octanol–water partition coefficient (Wildman–Crippen LogP) is 1.47. The van der Waals surface area contributed by atoms with Crippen LogP contribution in [0.25, 0.3) is 0 Å². The first-order chi connectivity index (χ1) is 9.33. The molecule has 0 saturated heterocycles. The Bertz CT molecular complexity index is 527. The molecular formula is C10H13N4O6+. The van der Waals surface area contributed by atoms with Crippen molar-refractivity contribution < 1.29 is 29.8 Å². The summed E-state index contributed by atoms with van der Waals surface area (Å²) in [4.78, 5) is 20.5. The lowest BCUT2D eigenvalue weighted by Gasteiger charge is -2.27. The van der Waals surface area contributed by atoms with Crippen molar-refractivity contribution in [3.8, 4) is 0 Å². The summed E-state index contributed by atoms with van der Waals surface area (Å²) in [5.74, 6) is 0. The molecule has 20 heavy (non-hydrogen) atoms. The number of nitro benzene ring substituents is 1. The molecule has 1 rings (SSSR count). The van der Waals surface area contributed by atoms with Crippen molar-refractivity contribution in [1.82, 2.24) is 0 Å². The maximum atomic E-state index is 10.6. The van der Waals surface area contributed by atoms with E-state index >= 15 is 0 Å². The number of nitrogens with zero attached hydrogens (tertiary/aromatic N) is 4. The number of ether oxygens (including phenoxy) is 1. The summed E-state index contributed by atoms with van der Waals surface area (Å²) in [6.45, 7) is 2.98. The van der Waals surface area contributed by atoms with Crippen molar-refractivity contribution in [2.75, 3.05) is 5.01 Å². The van der Waals surface area contributed by atoms with Gasteiger partial charge in [0.05, 0.1) is 4.92 Å². The van der Waals surface area contributed by atoms with Gasteiger partial charge < -0.3 is 9.94 Å². The molecule has 108 valence electrons. The van der Waals surface area contributed by atoms with Gasteiger partial charge in [-0.25, -0.2) is 5.21 Å². The first kappa shape index (κ1) is 15.1.